The predicted octanol–water partition coefficient (Wildman–Crippen LogP) is 2.22. The minimum absolute atomic E-state index is 0.116. The van der Waals surface area contributed by atoms with Gasteiger partial charge in [0.2, 0.25) is 15.9 Å². The SMILES string of the molecule is O=S(=O)(c1ccc(OC(F)(F)F)cc1)N1CC[C@@H](Oc2ccncn2)C1. The maximum atomic E-state index is 12.6. The number of nitrogens with zero attached hydrogens (tertiary/aromatic N) is 3. The Balaban J connectivity index is 1.67. The fraction of sp³-hybridized carbons (Fsp3) is 0.333. The molecule has 0 aliphatic carbocycles. The van der Waals surface area contributed by atoms with Crippen molar-refractivity contribution in [1.29, 1.82) is 0 Å². The van der Waals surface area contributed by atoms with Crippen molar-refractivity contribution in [1.82, 2.24) is 14.3 Å². The topological polar surface area (TPSA) is 81.6 Å². The largest absolute Gasteiger partial charge is 0.573 e. The van der Waals surface area contributed by atoms with Crippen LogP contribution in [0.2, 0.25) is 0 Å². The van der Waals surface area contributed by atoms with E-state index < -0.39 is 22.1 Å². The molecule has 11 heteroatoms. The standard InChI is InChI=1S/C15H14F3N3O4S/c16-15(17,18)25-11-1-3-13(4-2-11)26(22,23)21-8-6-12(9-21)24-14-5-7-19-10-20-14/h1-5,7,10,12H,6,8-9H2/t12-/m1/s1. The van der Waals surface area contributed by atoms with Gasteiger partial charge in [0.1, 0.15) is 18.2 Å². The number of aromatic nitrogens is 2. The van der Waals surface area contributed by atoms with Crippen molar-refractivity contribution in [2.24, 2.45) is 0 Å². The molecule has 1 atom stereocenters. The maximum Gasteiger partial charge on any atom is 0.573 e. The lowest BCUT2D eigenvalue weighted by Gasteiger charge is -2.17. The van der Waals surface area contributed by atoms with Gasteiger partial charge in [-0.15, -0.1) is 13.2 Å². The number of rotatable bonds is 5. The Bertz CT molecular complexity index is 845. The Kier molecular flexibility index (Phi) is 5.01. The second kappa shape index (κ2) is 7.08. The lowest BCUT2D eigenvalue weighted by molar-refractivity contribution is -0.274. The smallest absolute Gasteiger partial charge is 0.473 e. The summed E-state index contributed by atoms with van der Waals surface area (Å²) in [5, 5.41) is 0. The van der Waals surface area contributed by atoms with E-state index in [2.05, 4.69) is 14.7 Å². The Hall–Kier alpha value is -2.40. The summed E-state index contributed by atoms with van der Waals surface area (Å²) >= 11 is 0. The highest BCUT2D eigenvalue weighted by Gasteiger charge is 2.34. The van der Waals surface area contributed by atoms with E-state index in [1.165, 1.54) is 16.8 Å². The highest BCUT2D eigenvalue weighted by atomic mass is 32.2. The van der Waals surface area contributed by atoms with Crippen LogP contribution in [0.25, 0.3) is 0 Å². The van der Waals surface area contributed by atoms with Gasteiger partial charge in [-0.2, -0.15) is 4.31 Å². The maximum absolute atomic E-state index is 12.6. The van der Waals surface area contributed by atoms with Gasteiger partial charge < -0.3 is 9.47 Å². The zero-order valence-electron chi connectivity index (χ0n) is 13.3. The molecule has 3 rings (SSSR count). The second-order valence-electron chi connectivity index (χ2n) is 5.46. The molecule has 1 saturated heterocycles. The van der Waals surface area contributed by atoms with Crippen molar-refractivity contribution in [2.75, 3.05) is 13.1 Å². The molecule has 0 amide bonds. The van der Waals surface area contributed by atoms with Crippen LogP contribution in [0.3, 0.4) is 0 Å². The molecule has 7 nitrogen and oxygen atoms in total. The van der Waals surface area contributed by atoms with Gasteiger partial charge in [-0.25, -0.2) is 18.4 Å². The second-order valence-corrected chi connectivity index (χ2v) is 7.40. The van der Waals surface area contributed by atoms with Crippen LogP contribution in [-0.4, -0.2) is 48.2 Å². The highest BCUT2D eigenvalue weighted by Crippen LogP contribution is 2.27. The van der Waals surface area contributed by atoms with Gasteiger partial charge in [-0.05, 0) is 30.7 Å². The van der Waals surface area contributed by atoms with Crippen LogP contribution < -0.4 is 9.47 Å². The molecule has 0 radical (unpaired) electrons. The van der Waals surface area contributed by atoms with Crippen molar-refractivity contribution in [3.8, 4) is 11.6 Å². The minimum atomic E-state index is -4.83. The predicted molar refractivity (Wildman–Crippen MR) is 82.9 cm³/mol. The molecule has 2 heterocycles. The first-order valence-electron chi connectivity index (χ1n) is 7.53. The van der Waals surface area contributed by atoms with E-state index in [1.807, 2.05) is 0 Å². The molecule has 1 aromatic carbocycles. The molecule has 26 heavy (non-hydrogen) atoms. The van der Waals surface area contributed by atoms with Gasteiger partial charge in [0.05, 0.1) is 11.4 Å². The molecule has 1 aliphatic rings. The summed E-state index contributed by atoms with van der Waals surface area (Å²) in [5.74, 6) is -0.138. The number of ether oxygens (including phenoxy) is 2. The Labute approximate surface area is 147 Å². The Morgan fingerprint density at radius 1 is 1.15 bits per heavy atom. The summed E-state index contributed by atoms with van der Waals surface area (Å²) < 4.78 is 72.3. The zero-order valence-corrected chi connectivity index (χ0v) is 14.1. The first kappa shape index (κ1) is 18.4. The van der Waals surface area contributed by atoms with E-state index in [9.17, 15) is 21.6 Å². The molecule has 1 aromatic heterocycles. The van der Waals surface area contributed by atoms with E-state index in [4.69, 9.17) is 4.74 Å². The summed E-state index contributed by atoms with van der Waals surface area (Å²) in [7, 11) is -3.84. The summed E-state index contributed by atoms with van der Waals surface area (Å²) in [6.45, 7) is 0.353. The minimum Gasteiger partial charge on any atom is -0.473 e. The normalized spacial score (nSPS) is 18.7. The molecule has 140 valence electrons. The first-order chi connectivity index (χ1) is 12.2. The average molecular weight is 389 g/mol. The van der Waals surface area contributed by atoms with Crippen LogP contribution in [0.4, 0.5) is 13.2 Å². The van der Waals surface area contributed by atoms with Crippen molar-refractivity contribution in [3.63, 3.8) is 0 Å². The lowest BCUT2D eigenvalue weighted by atomic mass is 10.3. The molecule has 0 spiro atoms. The van der Waals surface area contributed by atoms with Crippen LogP contribution in [0, 0.1) is 0 Å². The van der Waals surface area contributed by atoms with Gasteiger partial charge in [-0.3, -0.25) is 0 Å². The van der Waals surface area contributed by atoms with Crippen LogP contribution in [-0.2, 0) is 10.0 Å². The van der Waals surface area contributed by atoms with Crippen molar-refractivity contribution in [2.45, 2.75) is 23.8 Å². The third-order valence-corrected chi connectivity index (χ3v) is 5.52. The highest BCUT2D eigenvalue weighted by molar-refractivity contribution is 7.89. The molecular formula is C15H14F3N3O4S. The van der Waals surface area contributed by atoms with E-state index in [1.54, 1.807) is 6.07 Å². The molecular weight excluding hydrogens is 375 g/mol. The molecule has 0 bridgehead atoms. The number of halogens is 3. The fourth-order valence-corrected chi connectivity index (χ4v) is 3.98. The van der Waals surface area contributed by atoms with Crippen LogP contribution in [0.1, 0.15) is 6.42 Å². The zero-order chi connectivity index (χ0) is 18.8. The van der Waals surface area contributed by atoms with Crippen LogP contribution in [0.15, 0.2) is 47.8 Å². The molecule has 0 N–H and O–H groups in total. The van der Waals surface area contributed by atoms with Gasteiger partial charge in [0.15, 0.2) is 0 Å². The number of hydrogen-bond donors (Lipinski definition) is 0. The fourth-order valence-electron chi connectivity index (χ4n) is 2.49. The summed E-state index contributed by atoms with van der Waals surface area (Å²) in [6, 6.07) is 5.65. The monoisotopic (exact) mass is 389 g/mol. The van der Waals surface area contributed by atoms with Gasteiger partial charge >= 0.3 is 6.36 Å². The van der Waals surface area contributed by atoms with E-state index in [0.29, 0.717) is 12.3 Å². The molecule has 1 fully saturated rings. The van der Waals surface area contributed by atoms with E-state index in [0.717, 1.165) is 24.3 Å². The average Bonchev–Trinajstić information content (AvgIpc) is 3.04. The number of alkyl halides is 3. The molecule has 2 aromatic rings. The number of benzene rings is 1. The Morgan fingerprint density at radius 3 is 2.50 bits per heavy atom. The molecule has 1 aliphatic heterocycles. The Morgan fingerprint density at radius 2 is 1.88 bits per heavy atom. The molecule has 0 unspecified atom stereocenters. The van der Waals surface area contributed by atoms with Crippen molar-refractivity contribution < 1.29 is 31.1 Å². The number of hydrogen-bond acceptors (Lipinski definition) is 6. The summed E-state index contributed by atoms with van der Waals surface area (Å²) in [6.07, 6.45) is -1.90. The van der Waals surface area contributed by atoms with Gasteiger partial charge in [0.25, 0.3) is 0 Å². The molecule has 0 saturated carbocycles. The van der Waals surface area contributed by atoms with Crippen molar-refractivity contribution >= 4 is 10.0 Å². The third-order valence-electron chi connectivity index (χ3n) is 3.65. The quantitative estimate of drug-likeness (QED) is 0.780. The van der Waals surface area contributed by atoms with Gasteiger partial charge in [0, 0.05) is 18.8 Å². The summed E-state index contributed by atoms with van der Waals surface area (Å²) in [5.41, 5.74) is 0. The van der Waals surface area contributed by atoms with Crippen LogP contribution in [0.5, 0.6) is 11.6 Å². The van der Waals surface area contributed by atoms with Gasteiger partial charge in [-0.1, -0.05) is 0 Å². The van der Waals surface area contributed by atoms with Crippen molar-refractivity contribution in [3.05, 3.63) is 42.9 Å². The van der Waals surface area contributed by atoms with E-state index in [-0.39, 0.29) is 24.1 Å². The lowest BCUT2D eigenvalue weighted by Crippen LogP contribution is -2.31. The summed E-state index contributed by atoms with van der Waals surface area (Å²) in [4.78, 5) is 7.57. The van der Waals surface area contributed by atoms with Crippen LogP contribution >= 0.6 is 0 Å². The first-order valence-corrected chi connectivity index (χ1v) is 8.97. The van der Waals surface area contributed by atoms with E-state index >= 15 is 0 Å². The third kappa shape index (κ3) is 4.41. The number of sulfonamides is 1.